The summed E-state index contributed by atoms with van der Waals surface area (Å²) in [7, 11) is 3.20. The lowest BCUT2D eigenvalue weighted by Gasteiger charge is -2.50. The van der Waals surface area contributed by atoms with E-state index in [9.17, 15) is 34.8 Å². The van der Waals surface area contributed by atoms with Gasteiger partial charge in [0.1, 0.15) is 22.8 Å². The van der Waals surface area contributed by atoms with Crippen molar-refractivity contribution in [3.63, 3.8) is 0 Å². The van der Waals surface area contributed by atoms with Crippen molar-refractivity contribution in [3.05, 3.63) is 50.4 Å². The molecular weight excluding hydrogens is 538 g/mol. The summed E-state index contributed by atoms with van der Waals surface area (Å²) in [6.07, 6.45) is 4.91. The Kier molecular flexibility index (Phi) is 6.34. The summed E-state index contributed by atoms with van der Waals surface area (Å²) in [5.74, 6) is -6.01. The van der Waals surface area contributed by atoms with E-state index >= 15 is 0 Å². The third-order valence-electron chi connectivity index (χ3n) is 9.36. The molecule has 5 aliphatic rings. The van der Waals surface area contributed by atoms with Crippen molar-refractivity contribution in [3.8, 4) is 5.75 Å². The Morgan fingerprint density at radius 2 is 1.82 bits per heavy atom. The second kappa shape index (κ2) is 9.30. The number of hydrogen-bond acceptors (Lipinski definition) is 9. The smallest absolute Gasteiger partial charge is 0.255 e. The molecule has 0 unspecified atom stereocenters. The van der Waals surface area contributed by atoms with Crippen molar-refractivity contribution in [1.29, 1.82) is 0 Å². The number of rotatable bonds is 7. The molecule has 11 heteroatoms. The Bertz CT molecular complexity index is 1410. The number of phenolic OH excluding ortho intramolecular Hbond substituents is 1. The van der Waals surface area contributed by atoms with Gasteiger partial charge in [0.2, 0.25) is 5.78 Å². The van der Waals surface area contributed by atoms with Crippen molar-refractivity contribution < 1.29 is 34.8 Å². The minimum absolute atomic E-state index is 0.0307. The number of aliphatic hydroxyl groups is 3. The van der Waals surface area contributed by atoms with Crippen LogP contribution in [0.3, 0.4) is 0 Å². The predicted molar refractivity (Wildman–Crippen MR) is 145 cm³/mol. The summed E-state index contributed by atoms with van der Waals surface area (Å²) in [5.41, 5.74) is 2.85. The number of ketones is 2. The van der Waals surface area contributed by atoms with Crippen molar-refractivity contribution >= 4 is 29.1 Å². The largest absolute Gasteiger partial charge is 0.510 e. The predicted octanol–water partition coefficient (Wildman–Crippen LogP) is 2.15. The summed E-state index contributed by atoms with van der Waals surface area (Å²) in [6, 6.07) is 0.964. The molecule has 4 atom stereocenters. The number of allylic oxidation sites excluding steroid dienone is 1. The number of nitrogens with zero attached hydrogens (tertiary/aromatic N) is 2. The average Bonchev–Trinajstić information content (AvgIpc) is 3.78. The van der Waals surface area contributed by atoms with Crippen LogP contribution in [0, 0.1) is 17.8 Å². The first-order valence-corrected chi connectivity index (χ1v) is 14.2. The van der Waals surface area contributed by atoms with E-state index < -0.39 is 58.0 Å². The van der Waals surface area contributed by atoms with E-state index in [1.165, 1.54) is 23.8 Å². The third-order valence-corrected chi connectivity index (χ3v) is 9.83. The molecule has 2 saturated carbocycles. The molecule has 0 heterocycles. The van der Waals surface area contributed by atoms with Gasteiger partial charge in [-0.05, 0) is 81.6 Å². The molecule has 0 radical (unpaired) electrons. The Morgan fingerprint density at radius 3 is 2.40 bits per heavy atom. The summed E-state index contributed by atoms with van der Waals surface area (Å²) >= 11 is 6.92. The van der Waals surface area contributed by atoms with E-state index in [4.69, 9.17) is 17.3 Å². The molecule has 2 fully saturated rings. The number of aliphatic hydroxyl groups excluding tert-OH is 2. The number of carbonyl (C=O) groups is 3. The first-order valence-electron chi connectivity index (χ1n) is 13.8. The molecule has 0 aromatic heterocycles. The topological polar surface area (TPSA) is 165 Å². The number of nitrogens with two attached hydrogens (primary N) is 1. The number of likely N-dealkylation sites (N-methyl/N-ethyl adjacent to an activating group) is 1. The highest BCUT2D eigenvalue weighted by atomic mass is 35.5. The van der Waals surface area contributed by atoms with Crippen molar-refractivity contribution in [1.82, 2.24) is 9.80 Å². The van der Waals surface area contributed by atoms with E-state index in [0.29, 0.717) is 29.1 Å². The Balaban J connectivity index is 1.43. The average molecular weight is 572 g/mol. The molecule has 0 saturated heterocycles. The molecule has 40 heavy (non-hydrogen) atoms. The van der Waals surface area contributed by atoms with Gasteiger partial charge < -0.3 is 26.2 Å². The molecular formula is C29H34ClN3O7. The minimum Gasteiger partial charge on any atom is -0.510 e. The van der Waals surface area contributed by atoms with E-state index in [2.05, 4.69) is 4.90 Å². The van der Waals surface area contributed by atoms with Crippen molar-refractivity contribution in [2.24, 2.45) is 23.5 Å². The molecule has 0 spiro atoms. The van der Waals surface area contributed by atoms with E-state index in [1.807, 2.05) is 0 Å². The van der Waals surface area contributed by atoms with Crippen LogP contribution < -0.4 is 5.73 Å². The number of primary amides is 1. The highest BCUT2D eigenvalue weighted by Crippen LogP contribution is 2.53. The SMILES string of the molecule is CN(C)[C@@H]1C(O)=C(C(N)=O)C(=O)[C@@]2(O)C(O)=C3C(=O)c4c(O)cc(CN(CC5CC5)C5CC5)c(Cl)c4C[C@H]3C[C@@H]12. The number of Topliss-reactive ketones (excluding diaryl/α,β-unsaturated/α-hetero) is 2. The second-order valence-electron chi connectivity index (χ2n) is 12.3. The summed E-state index contributed by atoms with van der Waals surface area (Å²) < 4.78 is 0. The number of carbonyl (C=O) groups excluding carboxylic acids is 3. The number of halogens is 1. The first kappa shape index (κ1) is 27.3. The van der Waals surface area contributed by atoms with Gasteiger partial charge in [-0.15, -0.1) is 0 Å². The Hall–Kier alpha value is -2.92. The Labute approximate surface area is 236 Å². The van der Waals surface area contributed by atoms with E-state index in [1.54, 1.807) is 14.1 Å². The van der Waals surface area contributed by atoms with Gasteiger partial charge in [-0.2, -0.15) is 0 Å². The zero-order chi connectivity index (χ0) is 28.8. The molecule has 0 aliphatic heterocycles. The molecule has 1 aromatic carbocycles. The van der Waals surface area contributed by atoms with Gasteiger partial charge in [-0.25, -0.2) is 0 Å². The molecule has 6 rings (SSSR count). The number of fused-ring (bicyclic) bond motifs is 3. The molecule has 10 nitrogen and oxygen atoms in total. The first-order chi connectivity index (χ1) is 18.9. The maximum Gasteiger partial charge on any atom is 0.255 e. The number of benzene rings is 1. The summed E-state index contributed by atoms with van der Waals surface area (Å²) in [4.78, 5) is 43.2. The quantitative estimate of drug-likeness (QED) is 0.308. The van der Waals surface area contributed by atoms with Crippen LogP contribution in [-0.2, 0) is 22.6 Å². The number of amides is 1. The van der Waals surface area contributed by atoms with Gasteiger partial charge in [0.15, 0.2) is 11.4 Å². The Morgan fingerprint density at radius 1 is 1.15 bits per heavy atom. The number of phenols is 1. The van der Waals surface area contributed by atoms with Crippen LogP contribution in [0.1, 0.15) is 53.6 Å². The highest BCUT2D eigenvalue weighted by Gasteiger charge is 2.63. The monoisotopic (exact) mass is 571 g/mol. The van der Waals surface area contributed by atoms with Crippen LogP contribution >= 0.6 is 11.6 Å². The van der Waals surface area contributed by atoms with Gasteiger partial charge in [0.25, 0.3) is 5.91 Å². The third kappa shape index (κ3) is 3.99. The zero-order valence-corrected chi connectivity index (χ0v) is 23.2. The van der Waals surface area contributed by atoms with Gasteiger partial charge >= 0.3 is 0 Å². The molecule has 6 N–H and O–H groups in total. The minimum atomic E-state index is -2.66. The molecule has 0 bridgehead atoms. The number of aromatic hydroxyl groups is 1. The lowest BCUT2D eigenvalue weighted by Crippen LogP contribution is -2.63. The van der Waals surface area contributed by atoms with Crippen LogP contribution in [0.25, 0.3) is 0 Å². The highest BCUT2D eigenvalue weighted by molar-refractivity contribution is 6.33. The van der Waals surface area contributed by atoms with Crippen molar-refractivity contribution in [2.45, 2.75) is 62.8 Å². The van der Waals surface area contributed by atoms with Gasteiger partial charge in [-0.1, -0.05) is 11.6 Å². The van der Waals surface area contributed by atoms with Gasteiger partial charge in [-0.3, -0.25) is 24.2 Å². The van der Waals surface area contributed by atoms with E-state index in [-0.39, 0.29) is 29.7 Å². The van der Waals surface area contributed by atoms with Crippen LogP contribution in [0.4, 0.5) is 0 Å². The summed E-state index contributed by atoms with van der Waals surface area (Å²) in [5, 5.41) is 45.4. The molecule has 5 aliphatic carbocycles. The second-order valence-corrected chi connectivity index (χ2v) is 12.7. The van der Waals surface area contributed by atoms with Crippen LogP contribution in [-0.4, -0.2) is 86.0 Å². The van der Waals surface area contributed by atoms with Gasteiger partial charge in [0, 0.05) is 35.6 Å². The zero-order valence-electron chi connectivity index (χ0n) is 22.5. The van der Waals surface area contributed by atoms with Crippen LogP contribution in [0.15, 0.2) is 28.7 Å². The summed E-state index contributed by atoms with van der Waals surface area (Å²) in [6.45, 7) is 1.54. The van der Waals surface area contributed by atoms with E-state index in [0.717, 1.165) is 24.9 Å². The fourth-order valence-corrected chi connectivity index (χ4v) is 7.39. The van der Waals surface area contributed by atoms with Gasteiger partial charge in [0.05, 0.1) is 11.6 Å². The van der Waals surface area contributed by atoms with Crippen LogP contribution in [0.5, 0.6) is 5.75 Å². The fraction of sp³-hybridized carbons (Fsp3) is 0.552. The normalized spacial score (nSPS) is 30.1. The molecule has 1 amide bonds. The van der Waals surface area contributed by atoms with Crippen molar-refractivity contribution in [2.75, 3.05) is 20.6 Å². The lowest BCUT2D eigenvalue weighted by molar-refractivity contribution is -0.148. The fourth-order valence-electron chi connectivity index (χ4n) is 7.10. The molecule has 214 valence electrons. The standard InChI is InChI=1S/C29H34ClN3O7/c1-32(2)23-17-8-13-7-16-20(18(34)9-14(22(16)30)11-33(15-5-6-15)10-12-3-4-12)24(35)19(13)26(37)29(17,40)27(38)21(25(23)36)28(31)39/h9,12-13,15,17,23,34,36-37,40H,3-8,10-11H2,1-2H3,(H2,31,39)/t13-,17-,23-,29-/m0/s1. The van der Waals surface area contributed by atoms with Crippen LogP contribution in [0.2, 0.25) is 5.02 Å². The maximum atomic E-state index is 13.8. The lowest BCUT2D eigenvalue weighted by atomic mass is 9.58. The maximum absolute atomic E-state index is 13.8. The number of hydrogen-bond donors (Lipinski definition) is 5. The molecule has 1 aromatic rings.